The van der Waals surface area contributed by atoms with Gasteiger partial charge < -0.3 is 34.3 Å². The van der Waals surface area contributed by atoms with Crippen LogP contribution in [0.25, 0.3) is 11.2 Å². The molecule has 0 radical (unpaired) electrons. The number of ether oxygens (including phenoxy) is 4. The number of nitrogens with zero attached hydrogens (tertiary/aromatic N) is 4. The van der Waals surface area contributed by atoms with Gasteiger partial charge in [0.2, 0.25) is 11.8 Å². The highest BCUT2D eigenvalue weighted by molar-refractivity contribution is 7.52. The van der Waals surface area contributed by atoms with Gasteiger partial charge in [-0.05, 0) is 39.8 Å². The number of anilines is 1. The van der Waals surface area contributed by atoms with Gasteiger partial charge in [-0.25, -0.2) is 9.55 Å². The first-order chi connectivity index (χ1) is 19.5. The highest BCUT2D eigenvalue weighted by Gasteiger charge is 2.63. The van der Waals surface area contributed by atoms with Crippen molar-refractivity contribution in [2.24, 2.45) is 0 Å². The zero-order valence-electron chi connectivity index (χ0n) is 23.0. The molecular formula is C25H33N6O9P. The van der Waals surface area contributed by atoms with Crippen molar-refractivity contribution in [3.8, 4) is 11.6 Å². The number of hydrogen-bond donors (Lipinski definition) is 3. The number of para-hydroxylation sites is 1. The smallest absolute Gasteiger partial charge is 0.459 e. The van der Waals surface area contributed by atoms with Crippen LogP contribution in [-0.4, -0.2) is 80.4 Å². The maximum Gasteiger partial charge on any atom is 0.459 e. The first kappa shape index (κ1) is 29.2. The minimum Gasteiger partial charge on any atom is -0.476 e. The molecule has 2 aromatic heterocycles. The van der Waals surface area contributed by atoms with Gasteiger partial charge >= 0.3 is 13.7 Å². The molecule has 4 N–H and O–H groups in total. The van der Waals surface area contributed by atoms with Gasteiger partial charge in [-0.15, -0.1) is 0 Å². The Morgan fingerprint density at radius 2 is 2.05 bits per heavy atom. The van der Waals surface area contributed by atoms with Gasteiger partial charge in [0.1, 0.15) is 29.6 Å². The van der Waals surface area contributed by atoms with Crippen molar-refractivity contribution in [1.82, 2.24) is 24.6 Å². The Kier molecular flexibility index (Phi) is 8.19. The quantitative estimate of drug-likeness (QED) is 0.204. The fraction of sp³-hybridized carbons (Fsp3) is 0.520. The molecule has 15 nitrogen and oxygen atoms in total. The van der Waals surface area contributed by atoms with Crippen LogP contribution < -0.4 is 20.1 Å². The van der Waals surface area contributed by atoms with Crippen LogP contribution in [0.1, 0.15) is 33.9 Å². The number of nitrogens with one attached hydrogen (secondary N) is 1. The first-order valence-electron chi connectivity index (χ1n) is 13.1. The van der Waals surface area contributed by atoms with E-state index in [1.54, 1.807) is 55.7 Å². The van der Waals surface area contributed by atoms with Gasteiger partial charge in [-0.2, -0.15) is 15.1 Å². The lowest BCUT2D eigenvalue weighted by molar-refractivity contribution is -0.183. The molecule has 0 aliphatic carbocycles. The lowest BCUT2D eigenvalue weighted by atomic mass is 10.0. The first-order valence-corrected chi connectivity index (χ1v) is 14.7. The van der Waals surface area contributed by atoms with E-state index in [-0.39, 0.29) is 30.3 Å². The highest BCUT2D eigenvalue weighted by Crippen LogP contribution is 2.51. The van der Waals surface area contributed by atoms with Crippen molar-refractivity contribution >= 4 is 30.8 Å². The van der Waals surface area contributed by atoms with Crippen molar-refractivity contribution in [1.29, 1.82) is 0 Å². The Hall–Kier alpha value is -3.33. The third kappa shape index (κ3) is 5.87. The van der Waals surface area contributed by atoms with Crippen LogP contribution in [0.5, 0.6) is 11.6 Å². The molecule has 0 saturated carbocycles. The van der Waals surface area contributed by atoms with Crippen molar-refractivity contribution in [3.05, 3.63) is 36.7 Å². The summed E-state index contributed by atoms with van der Waals surface area (Å²) < 4.78 is 49.9. The van der Waals surface area contributed by atoms with Crippen molar-refractivity contribution in [2.45, 2.75) is 63.9 Å². The Labute approximate surface area is 235 Å². The Bertz CT molecular complexity index is 1440. The fourth-order valence-corrected chi connectivity index (χ4v) is 6.15. The molecule has 41 heavy (non-hydrogen) atoms. The third-order valence-electron chi connectivity index (χ3n) is 6.47. The number of imidazole rings is 1. The molecule has 0 spiro atoms. The van der Waals surface area contributed by atoms with E-state index in [2.05, 4.69) is 20.0 Å². The molecule has 2 bridgehead atoms. The summed E-state index contributed by atoms with van der Waals surface area (Å²) in [7, 11) is -4.22. The maximum absolute atomic E-state index is 13.9. The molecule has 3 aromatic rings. The lowest BCUT2D eigenvalue weighted by Gasteiger charge is -2.32. The number of hydrogen-bond acceptors (Lipinski definition) is 13. The van der Waals surface area contributed by atoms with Crippen LogP contribution in [0.2, 0.25) is 0 Å². The van der Waals surface area contributed by atoms with Crippen LogP contribution in [0.3, 0.4) is 0 Å². The summed E-state index contributed by atoms with van der Waals surface area (Å²) in [6, 6.07) is 7.30. The van der Waals surface area contributed by atoms with E-state index >= 15 is 0 Å². The van der Waals surface area contributed by atoms with E-state index in [4.69, 9.17) is 33.7 Å². The zero-order valence-corrected chi connectivity index (χ0v) is 23.9. The monoisotopic (exact) mass is 592 g/mol. The summed E-state index contributed by atoms with van der Waals surface area (Å²) in [5.74, 6) is -0.212. The zero-order chi connectivity index (χ0) is 29.4. The van der Waals surface area contributed by atoms with Gasteiger partial charge in [0, 0.05) is 0 Å². The predicted molar refractivity (Wildman–Crippen MR) is 144 cm³/mol. The van der Waals surface area contributed by atoms with E-state index in [1.165, 1.54) is 13.3 Å². The molecule has 2 fully saturated rings. The third-order valence-corrected chi connectivity index (χ3v) is 8.10. The number of aliphatic hydroxyl groups is 1. The topological polar surface area (TPSA) is 191 Å². The number of carbonyl (C=O) groups is 1. The van der Waals surface area contributed by atoms with Gasteiger partial charge in [-0.1, -0.05) is 18.2 Å². The van der Waals surface area contributed by atoms with Gasteiger partial charge in [0.15, 0.2) is 17.4 Å². The molecule has 6 atom stereocenters. The number of carbonyl (C=O) groups excluding carboxylic acids is 1. The summed E-state index contributed by atoms with van der Waals surface area (Å²) in [5, 5.41) is 13.8. The summed E-state index contributed by atoms with van der Waals surface area (Å²) in [4.78, 5) is 25.2. The standard InChI is InChI=1S/C25H33N6O9P/c1-5-35-21-17-20(28-24(26)29-21)31(13-27-17)22-18-19(32)25(39-22,11-36-18)12-37-41(34,40-16-9-7-6-8-10-16)30-15(4)23(33)38-14(2)3/h6-10,13-15,18-19,22,32H,5,11-12H2,1-4H3,(H,30,34)(H2,26,28,29)/t15-,18-,19+,22?,25?,41?/m1/s1. The molecule has 2 aliphatic rings. The summed E-state index contributed by atoms with van der Waals surface area (Å²) in [5.41, 5.74) is 5.15. The number of aromatic nitrogens is 4. The number of rotatable bonds is 12. The maximum atomic E-state index is 13.9. The fourth-order valence-electron chi connectivity index (χ4n) is 4.60. The predicted octanol–water partition coefficient (Wildman–Crippen LogP) is 1.97. The van der Waals surface area contributed by atoms with Crippen LogP contribution in [0.4, 0.5) is 5.95 Å². The van der Waals surface area contributed by atoms with Crippen LogP contribution in [-0.2, 0) is 28.1 Å². The van der Waals surface area contributed by atoms with Crippen LogP contribution >= 0.6 is 7.75 Å². The molecule has 3 unspecified atom stereocenters. The minimum absolute atomic E-state index is 0.0273. The Morgan fingerprint density at radius 3 is 2.76 bits per heavy atom. The number of aliphatic hydroxyl groups excluding tert-OH is 1. The number of benzene rings is 1. The van der Waals surface area contributed by atoms with Gasteiger partial charge in [0.05, 0.1) is 32.3 Å². The summed E-state index contributed by atoms with van der Waals surface area (Å²) in [6.07, 6.45) is -1.80. The summed E-state index contributed by atoms with van der Waals surface area (Å²) in [6.45, 7) is 6.57. The Balaban J connectivity index is 1.38. The highest BCUT2D eigenvalue weighted by atomic mass is 31.2. The van der Waals surface area contributed by atoms with E-state index in [0.717, 1.165) is 0 Å². The second kappa shape index (κ2) is 11.5. The molecule has 5 rings (SSSR count). The lowest BCUT2D eigenvalue weighted by Crippen LogP contribution is -2.46. The molecule has 2 aliphatic heterocycles. The molecular weight excluding hydrogens is 559 g/mol. The second-order valence-corrected chi connectivity index (χ2v) is 11.6. The average molecular weight is 593 g/mol. The minimum atomic E-state index is -4.22. The molecule has 4 heterocycles. The van der Waals surface area contributed by atoms with Crippen molar-refractivity contribution in [2.75, 3.05) is 25.6 Å². The Morgan fingerprint density at radius 1 is 1.29 bits per heavy atom. The summed E-state index contributed by atoms with van der Waals surface area (Å²) >= 11 is 0. The molecule has 16 heteroatoms. The van der Waals surface area contributed by atoms with Crippen molar-refractivity contribution < 1.29 is 42.5 Å². The van der Waals surface area contributed by atoms with E-state index in [1.807, 2.05) is 0 Å². The normalized spacial score (nSPS) is 25.8. The SMILES string of the molecule is CCOc1nc(N)nc2c1ncn2C1OC2(COP(=O)(N[C@H](C)C(=O)OC(C)C)Oc3ccccc3)CO[C@@H]1[C@@H]2O. The van der Waals surface area contributed by atoms with Gasteiger partial charge in [-0.3, -0.25) is 13.9 Å². The van der Waals surface area contributed by atoms with E-state index < -0.39 is 50.4 Å². The molecule has 1 aromatic carbocycles. The van der Waals surface area contributed by atoms with Crippen LogP contribution in [0, 0.1) is 0 Å². The van der Waals surface area contributed by atoms with Crippen LogP contribution in [0.15, 0.2) is 36.7 Å². The average Bonchev–Trinajstić information content (AvgIpc) is 3.57. The molecule has 222 valence electrons. The number of fused-ring (bicyclic) bond motifs is 3. The largest absolute Gasteiger partial charge is 0.476 e. The number of nitrogen functional groups attached to an aromatic ring is 1. The number of nitrogens with two attached hydrogens (primary N) is 1. The number of esters is 1. The second-order valence-electron chi connectivity index (χ2n) is 9.95. The van der Waals surface area contributed by atoms with Gasteiger partial charge in [0.25, 0.3) is 0 Å². The van der Waals surface area contributed by atoms with E-state index in [9.17, 15) is 14.5 Å². The van der Waals surface area contributed by atoms with Crippen molar-refractivity contribution in [3.63, 3.8) is 0 Å². The van der Waals surface area contributed by atoms with E-state index in [0.29, 0.717) is 17.8 Å². The molecule has 0 amide bonds. The molecule has 2 saturated heterocycles.